The zero-order chi connectivity index (χ0) is 28.1. The lowest BCUT2D eigenvalue weighted by Crippen LogP contribution is -2.43. The summed E-state index contributed by atoms with van der Waals surface area (Å²) in [6.45, 7) is 0.780. The summed E-state index contributed by atoms with van der Waals surface area (Å²) in [6, 6.07) is 22.2. The molecule has 5 rings (SSSR count). The molecule has 2 heterocycles. The van der Waals surface area contributed by atoms with Crippen LogP contribution in [0.2, 0.25) is 0 Å². The van der Waals surface area contributed by atoms with Crippen LogP contribution in [0.25, 0.3) is 20.9 Å². The molecular formula is C30H31N3O4S3. The monoisotopic (exact) mass is 593 g/mol. The molecule has 2 aromatic carbocycles. The molecule has 0 bridgehead atoms. The predicted octanol–water partition coefficient (Wildman–Crippen LogP) is 5.53. The maximum Gasteiger partial charge on any atom is 0.238 e. The van der Waals surface area contributed by atoms with Crippen molar-refractivity contribution in [3.8, 4) is 20.9 Å². The Balaban J connectivity index is 1.17. The van der Waals surface area contributed by atoms with Crippen LogP contribution in [0, 0.1) is 11.8 Å². The zero-order valence-corrected chi connectivity index (χ0v) is 24.3. The Morgan fingerprint density at radius 1 is 0.800 bits per heavy atom. The molecule has 1 saturated carbocycles. The van der Waals surface area contributed by atoms with Gasteiger partial charge in [-0.05, 0) is 53.6 Å². The Labute approximate surface area is 242 Å². The average molecular weight is 594 g/mol. The lowest BCUT2D eigenvalue weighted by molar-refractivity contribution is -0.136. The molecule has 10 heteroatoms. The molecule has 2 aromatic heterocycles. The lowest BCUT2D eigenvalue weighted by atomic mass is 9.78. The molecule has 0 aliphatic heterocycles. The van der Waals surface area contributed by atoms with Gasteiger partial charge in [0.15, 0.2) is 0 Å². The van der Waals surface area contributed by atoms with Crippen LogP contribution in [0.3, 0.4) is 0 Å². The number of hydrogen-bond donors (Lipinski definition) is 3. The molecule has 1 fully saturated rings. The first-order valence-electron chi connectivity index (χ1n) is 13.2. The molecule has 2 amide bonds. The second-order valence-corrected chi connectivity index (χ2v) is 13.6. The molecule has 0 radical (unpaired) electrons. The maximum atomic E-state index is 13.2. The minimum absolute atomic E-state index is 0.0659. The van der Waals surface area contributed by atoms with Crippen LogP contribution in [0.5, 0.6) is 0 Å². The van der Waals surface area contributed by atoms with Crippen molar-refractivity contribution in [3.63, 3.8) is 0 Å². The van der Waals surface area contributed by atoms with Crippen LogP contribution >= 0.6 is 22.7 Å². The Kier molecular flexibility index (Phi) is 8.80. The fraction of sp³-hybridized carbons (Fsp3) is 0.267. The number of sulfonamides is 1. The standard InChI is InChI=1S/C30H31N3O4S3/c31-40(36,37)28-10-4-3-6-23(28)21-13-11-20(12-14-21)18-32-29(34)24-7-1-2-8-25(24)30(35)33-19-22-15-16-27(39-22)26-9-5-17-38-26/h3-6,9-17,24-25H,1-2,7-8,18-19H2,(H,32,34)(H,33,35)(H2,31,36,37)/t24-,25-/m1/s1. The molecule has 7 nitrogen and oxygen atoms in total. The third-order valence-corrected chi connectivity index (χ3v) is 10.3. The van der Waals surface area contributed by atoms with E-state index in [1.807, 2.05) is 36.4 Å². The summed E-state index contributed by atoms with van der Waals surface area (Å²) in [7, 11) is -3.86. The van der Waals surface area contributed by atoms with Gasteiger partial charge in [-0.1, -0.05) is 61.4 Å². The van der Waals surface area contributed by atoms with Crippen molar-refractivity contribution in [2.45, 2.75) is 43.7 Å². The summed E-state index contributed by atoms with van der Waals surface area (Å²) in [5.41, 5.74) is 2.13. The maximum absolute atomic E-state index is 13.2. The van der Waals surface area contributed by atoms with Crippen molar-refractivity contribution in [3.05, 3.63) is 88.6 Å². The summed E-state index contributed by atoms with van der Waals surface area (Å²) in [4.78, 5) is 29.9. The second kappa shape index (κ2) is 12.5. The fourth-order valence-electron chi connectivity index (χ4n) is 5.16. The number of benzene rings is 2. The minimum Gasteiger partial charge on any atom is -0.352 e. The summed E-state index contributed by atoms with van der Waals surface area (Å²) in [6.07, 6.45) is 3.25. The lowest BCUT2D eigenvalue weighted by Gasteiger charge is -2.29. The topological polar surface area (TPSA) is 118 Å². The molecule has 1 aliphatic rings. The predicted molar refractivity (Wildman–Crippen MR) is 160 cm³/mol. The van der Waals surface area contributed by atoms with E-state index in [0.29, 0.717) is 31.5 Å². The number of amides is 2. The molecule has 40 heavy (non-hydrogen) atoms. The first kappa shape index (κ1) is 28.2. The third kappa shape index (κ3) is 6.69. The van der Waals surface area contributed by atoms with Gasteiger partial charge in [-0.2, -0.15) is 0 Å². The van der Waals surface area contributed by atoms with Gasteiger partial charge < -0.3 is 10.6 Å². The van der Waals surface area contributed by atoms with Crippen LogP contribution in [0.4, 0.5) is 0 Å². The highest BCUT2D eigenvalue weighted by Gasteiger charge is 2.35. The third-order valence-electron chi connectivity index (χ3n) is 7.23. The van der Waals surface area contributed by atoms with Gasteiger partial charge in [-0.3, -0.25) is 9.59 Å². The van der Waals surface area contributed by atoms with E-state index in [-0.39, 0.29) is 28.5 Å². The molecule has 1 aliphatic carbocycles. The first-order chi connectivity index (χ1) is 19.3. The second-order valence-electron chi connectivity index (χ2n) is 9.91. The zero-order valence-electron chi connectivity index (χ0n) is 21.8. The molecular weight excluding hydrogens is 563 g/mol. The number of nitrogens with two attached hydrogens (primary N) is 1. The van der Waals surface area contributed by atoms with Gasteiger partial charge in [-0.25, -0.2) is 13.6 Å². The van der Waals surface area contributed by atoms with Crippen LogP contribution in [-0.4, -0.2) is 20.2 Å². The highest BCUT2D eigenvalue weighted by atomic mass is 32.2. The summed E-state index contributed by atoms with van der Waals surface area (Å²) in [5, 5.41) is 13.5. The molecule has 4 N–H and O–H groups in total. The molecule has 0 spiro atoms. The summed E-state index contributed by atoms with van der Waals surface area (Å²) < 4.78 is 23.9. The van der Waals surface area contributed by atoms with Crippen LogP contribution in [0.15, 0.2) is 83.1 Å². The van der Waals surface area contributed by atoms with Crippen molar-refractivity contribution in [2.24, 2.45) is 17.0 Å². The number of thiophene rings is 2. The van der Waals surface area contributed by atoms with E-state index in [9.17, 15) is 18.0 Å². The minimum atomic E-state index is -3.86. The Morgan fingerprint density at radius 2 is 1.48 bits per heavy atom. The number of primary sulfonamides is 1. The van der Waals surface area contributed by atoms with E-state index in [0.717, 1.165) is 28.8 Å². The van der Waals surface area contributed by atoms with Gasteiger partial charge in [0.05, 0.1) is 11.4 Å². The highest BCUT2D eigenvalue weighted by Crippen LogP contribution is 2.33. The normalized spacial score (nSPS) is 17.3. The van der Waals surface area contributed by atoms with E-state index in [1.54, 1.807) is 40.9 Å². The quantitative estimate of drug-likeness (QED) is 0.236. The van der Waals surface area contributed by atoms with E-state index in [2.05, 4.69) is 28.1 Å². The number of rotatable bonds is 9. The van der Waals surface area contributed by atoms with Gasteiger partial charge in [-0.15, -0.1) is 22.7 Å². The molecule has 0 unspecified atom stereocenters. The molecule has 4 aromatic rings. The van der Waals surface area contributed by atoms with Crippen molar-refractivity contribution in [1.82, 2.24) is 10.6 Å². The number of hydrogen-bond acceptors (Lipinski definition) is 6. The van der Waals surface area contributed by atoms with Crippen LogP contribution in [0.1, 0.15) is 36.1 Å². The van der Waals surface area contributed by atoms with E-state index >= 15 is 0 Å². The van der Waals surface area contributed by atoms with Crippen LogP contribution < -0.4 is 15.8 Å². The van der Waals surface area contributed by atoms with Crippen molar-refractivity contribution in [1.29, 1.82) is 0 Å². The average Bonchev–Trinajstić information content (AvgIpc) is 3.67. The van der Waals surface area contributed by atoms with E-state index in [4.69, 9.17) is 5.14 Å². The Hall–Kier alpha value is -3.31. The largest absolute Gasteiger partial charge is 0.352 e. The van der Waals surface area contributed by atoms with E-state index in [1.165, 1.54) is 15.8 Å². The smallest absolute Gasteiger partial charge is 0.238 e. The fourth-order valence-corrected chi connectivity index (χ4v) is 7.71. The van der Waals surface area contributed by atoms with Gasteiger partial charge >= 0.3 is 0 Å². The summed E-state index contributed by atoms with van der Waals surface area (Å²) >= 11 is 3.37. The van der Waals surface area contributed by atoms with Gasteiger partial charge in [0.2, 0.25) is 21.8 Å². The van der Waals surface area contributed by atoms with Crippen molar-refractivity contribution < 1.29 is 18.0 Å². The SMILES string of the molecule is NS(=O)(=O)c1ccccc1-c1ccc(CNC(=O)[C@@H]2CCCC[C@H]2C(=O)NCc2ccc(-c3cccs3)s2)cc1. The van der Waals surface area contributed by atoms with Gasteiger partial charge in [0.1, 0.15) is 0 Å². The summed E-state index contributed by atoms with van der Waals surface area (Å²) in [5.74, 6) is -0.884. The Bertz CT molecular complexity index is 1580. The Morgan fingerprint density at radius 3 is 2.12 bits per heavy atom. The van der Waals surface area contributed by atoms with Gasteiger partial charge in [0, 0.05) is 38.6 Å². The number of nitrogens with one attached hydrogen (secondary N) is 2. The molecule has 0 saturated heterocycles. The van der Waals surface area contributed by atoms with Crippen molar-refractivity contribution in [2.75, 3.05) is 0 Å². The first-order valence-corrected chi connectivity index (χ1v) is 16.4. The van der Waals surface area contributed by atoms with E-state index < -0.39 is 10.0 Å². The van der Waals surface area contributed by atoms with Crippen LogP contribution in [-0.2, 0) is 32.7 Å². The number of carbonyl (C=O) groups is 2. The van der Waals surface area contributed by atoms with Crippen molar-refractivity contribution >= 4 is 44.5 Å². The number of carbonyl (C=O) groups excluding carboxylic acids is 2. The highest BCUT2D eigenvalue weighted by molar-refractivity contribution is 7.89. The van der Waals surface area contributed by atoms with Gasteiger partial charge in [0.25, 0.3) is 0 Å². The molecule has 208 valence electrons. The molecule has 2 atom stereocenters.